The average molecular weight is 1170 g/mol. The molecule has 1 saturated carbocycles. The molecule has 1 aliphatic carbocycles. The Bertz CT molecular complexity index is 3990. The van der Waals surface area contributed by atoms with E-state index in [9.17, 15) is 35.5 Å². The molecule has 0 bridgehead atoms. The maximum Gasteiger partial charge on any atom is 0.425 e. The minimum absolute atomic E-state index is 0.113. The number of methoxy groups -OCH3 is 1. The van der Waals surface area contributed by atoms with Crippen molar-refractivity contribution in [2.75, 3.05) is 26.9 Å². The summed E-state index contributed by atoms with van der Waals surface area (Å²) in [6, 6.07) is 28.3. The number of carboxylic acids is 1. The number of ether oxygens (including phenoxy) is 3. The third kappa shape index (κ3) is 17.1. The van der Waals surface area contributed by atoms with Gasteiger partial charge in [0.25, 0.3) is 20.2 Å². The van der Waals surface area contributed by atoms with Crippen molar-refractivity contribution >= 4 is 139 Å². The smallest absolute Gasteiger partial charge is 0.425 e. The van der Waals surface area contributed by atoms with Crippen molar-refractivity contribution in [2.45, 2.75) is 41.5 Å². The molecule has 0 amide bonds. The highest BCUT2D eigenvalue weighted by Crippen LogP contribution is 2.42. The number of hydroxylamine groups is 1. The summed E-state index contributed by atoms with van der Waals surface area (Å²) in [7, 11) is -19.9. The van der Waals surface area contributed by atoms with Gasteiger partial charge in [-0.25, -0.2) is 4.79 Å². The number of hydrogen-bond acceptors (Lipinski definition) is 23. The average Bonchev–Trinajstić information content (AvgIpc) is 3.34. The number of aliphatic carboxylic acids is 1. The third-order valence-corrected chi connectivity index (χ3v) is 12.9. The molecule has 26 nitrogen and oxygen atoms in total. The fraction of sp³-hybridized carbons (Fsp3) is 0.227. The third-order valence-electron chi connectivity index (χ3n) is 11.1. The quantitative estimate of drug-likeness (QED) is 0.0445. The van der Waals surface area contributed by atoms with Crippen LogP contribution in [0, 0.1) is 5.92 Å². The molecule has 0 aromatic heterocycles. The Balaban J connectivity index is 0.000000261. The van der Waals surface area contributed by atoms with Crippen molar-refractivity contribution in [2.24, 2.45) is 5.92 Å². The van der Waals surface area contributed by atoms with Gasteiger partial charge < -0.3 is 19.3 Å². The number of carboxylic acid groups (broad SMARTS) is 1. The predicted octanol–water partition coefficient (Wildman–Crippen LogP) is 3.74. The topological polar surface area (TPSA) is 417 Å². The van der Waals surface area contributed by atoms with Gasteiger partial charge in [-0.05, 0) is 94.4 Å². The Morgan fingerprint density at radius 1 is 0.500 bits per heavy atom. The van der Waals surface area contributed by atoms with E-state index in [4.69, 9.17) is 69.9 Å². The van der Waals surface area contributed by atoms with Gasteiger partial charge in [0.2, 0.25) is 0 Å². The van der Waals surface area contributed by atoms with Crippen LogP contribution in [-0.2, 0) is 81.8 Å². The summed E-state index contributed by atoms with van der Waals surface area (Å²) in [5, 5.41) is 18.3. The van der Waals surface area contributed by atoms with E-state index in [2.05, 4.69) is 10.2 Å². The summed E-state index contributed by atoms with van der Waals surface area (Å²) in [5.74, 6) is -0.330. The van der Waals surface area contributed by atoms with E-state index in [0.717, 1.165) is 66.7 Å². The van der Waals surface area contributed by atoms with Crippen molar-refractivity contribution in [1.82, 2.24) is 5.48 Å². The number of esters is 1. The summed E-state index contributed by atoms with van der Waals surface area (Å²) < 4.78 is 184. The summed E-state index contributed by atoms with van der Waals surface area (Å²) in [4.78, 5) is 27.7. The summed E-state index contributed by atoms with van der Waals surface area (Å²) in [6.45, 7) is 0.391. The molecule has 1 fully saturated rings. The monoisotopic (exact) mass is 1170 g/mol. The zero-order valence-electron chi connectivity index (χ0n) is 38.6. The second-order valence-corrected chi connectivity index (χ2v) is 19.8. The highest BCUT2D eigenvalue weighted by atomic mass is 32.2. The Labute approximate surface area is 435 Å². The van der Waals surface area contributed by atoms with Crippen LogP contribution in [0.2, 0.25) is 0 Å². The number of carbonyl (C=O) groups excluding carboxylic acids is 1. The summed E-state index contributed by atoms with van der Waals surface area (Å²) in [6.07, 6.45) is 2.82. The number of benzene rings is 8. The highest BCUT2D eigenvalue weighted by Gasteiger charge is 2.26. The van der Waals surface area contributed by atoms with Gasteiger partial charge in [-0.3, -0.25) is 18.7 Å². The van der Waals surface area contributed by atoms with Crippen molar-refractivity contribution < 1.29 is 110 Å². The van der Waals surface area contributed by atoms with Gasteiger partial charge in [0.15, 0.2) is 6.61 Å². The first-order chi connectivity index (χ1) is 35.7. The minimum Gasteiger partial charge on any atom is -0.490 e. The first kappa shape index (κ1) is 61.1. The molecule has 9 rings (SSSR count). The zero-order valence-corrected chi connectivity index (χ0v) is 43.5. The molecule has 0 radical (unpaired) electrons. The van der Waals surface area contributed by atoms with Crippen LogP contribution in [0.4, 0.5) is 0 Å². The Kier molecular flexibility index (Phi) is 22.1. The molecule has 8 aromatic carbocycles. The van der Waals surface area contributed by atoms with Crippen LogP contribution in [0.15, 0.2) is 107 Å². The lowest BCUT2D eigenvalue weighted by molar-refractivity contribution is -0.144. The minimum atomic E-state index is -4.36. The van der Waals surface area contributed by atoms with E-state index in [1.165, 1.54) is 19.2 Å². The van der Waals surface area contributed by atoms with E-state index in [-0.39, 0.29) is 28.4 Å². The second kappa shape index (κ2) is 27.4. The van der Waals surface area contributed by atoms with Crippen molar-refractivity contribution in [3.63, 3.8) is 0 Å². The molecular weight excluding hydrogens is 1130 g/mol. The van der Waals surface area contributed by atoms with Gasteiger partial charge >= 0.3 is 54.4 Å². The van der Waals surface area contributed by atoms with E-state index in [0.29, 0.717) is 48.3 Å². The fourth-order valence-electron chi connectivity index (χ4n) is 8.22. The van der Waals surface area contributed by atoms with E-state index in [1.807, 2.05) is 48.5 Å². The van der Waals surface area contributed by atoms with Gasteiger partial charge in [-0.2, -0.15) is 22.3 Å². The number of carbonyl (C=O) groups is 2. The largest absolute Gasteiger partial charge is 0.490 e. The van der Waals surface area contributed by atoms with Gasteiger partial charge in [0, 0.05) is 38.4 Å². The molecule has 1 aliphatic rings. The maximum absolute atomic E-state index is 11.9. The standard InChI is InChI=1S/C25H25NO7S.C19H14O6S.4O3S/c27-25(28)17-3-7-18(8-4-17)26-33-14-13-32-21-11-5-15-1-2-16-6-12-22(34(29,30)31)20-10-9-19(21)23(15)24(16)20;1-24-17(20)10-25-15-8-4-11-2-3-12-5-9-16(26(21,22)23)14-7-6-13(15)18(11)19(12)14;4*1-4(2)3/h1-2,5-6,9-12,17-18,26H,3-4,7-8,13-14H2,(H,27,28)(H,29,30,31);2-9H,10H2,1H3,(H,21,22,23);;;;. The molecule has 0 atom stereocenters. The highest BCUT2D eigenvalue weighted by molar-refractivity contribution is 7.86. The van der Waals surface area contributed by atoms with E-state index in [1.54, 1.807) is 36.4 Å². The Hall–Kier alpha value is -7.40. The van der Waals surface area contributed by atoms with Crippen LogP contribution < -0.4 is 15.0 Å². The summed E-state index contributed by atoms with van der Waals surface area (Å²) >= 11 is 0. The molecule has 0 heterocycles. The lowest BCUT2D eigenvalue weighted by Gasteiger charge is -2.26. The van der Waals surface area contributed by atoms with Crippen molar-refractivity contribution in [1.29, 1.82) is 0 Å². The number of rotatable bonds is 12. The molecule has 0 unspecified atom stereocenters. The van der Waals surface area contributed by atoms with Crippen LogP contribution >= 0.6 is 0 Å². The zero-order chi connectivity index (χ0) is 56.7. The normalized spacial score (nSPS) is 14.0. The van der Waals surface area contributed by atoms with E-state index >= 15 is 0 Å². The van der Waals surface area contributed by atoms with Crippen LogP contribution in [0.25, 0.3) is 64.6 Å². The summed E-state index contributed by atoms with van der Waals surface area (Å²) in [5.41, 5.74) is 3.01. The maximum atomic E-state index is 11.9. The van der Waals surface area contributed by atoms with Gasteiger partial charge in [0.05, 0.1) is 13.0 Å². The van der Waals surface area contributed by atoms with Gasteiger partial charge in [-0.15, -0.1) is 50.5 Å². The molecule has 4 N–H and O–H groups in total. The molecular formula is C44H39NO25S6. The van der Waals surface area contributed by atoms with Crippen LogP contribution in [0.5, 0.6) is 11.5 Å². The van der Waals surface area contributed by atoms with Crippen LogP contribution in [-0.4, -0.2) is 126 Å². The molecule has 76 heavy (non-hydrogen) atoms. The second-order valence-electron chi connectivity index (χ2n) is 15.4. The first-order valence-corrected chi connectivity index (χ1v) is 27.9. The molecule has 8 aromatic rings. The lowest BCUT2D eigenvalue weighted by Crippen LogP contribution is -2.35. The molecule has 406 valence electrons. The van der Waals surface area contributed by atoms with Crippen molar-refractivity contribution in [3.05, 3.63) is 97.1 Å². The van der Waals surface area contributed by atoms with Crippen molar-refractivity contribution in [3.8, 4) is 11.5 Å². The lowest BCUT2D eigenvalue weighted by atomic mass is 9.86. The van der Waals surface area contributed by atoms with Gasteiger partial charge in [0.1, 0.15) is 34.5 Å². The fourth-order valence-corrected chi connectivity index (χ4v) is 9.60. The van der Waals surface area contributed by atoms with Gasteiger partial charge in [-0.1, -0.05) is 60.7 Å². The molecule has 32 heteroatoms. The number of hydrogen-bond donors (Lipinski definition) is 4. The first-order valence-electron chi connectivity index (χ1n) is 21.0. The Morgan fingerprint density at radius 2 is 0.829 bits per heavy atom. The molecule has 0 aliphatic heterocycles. The van der Waals surface area contributed by atoms with Crippen LogP contribution in [0.3, 0.4) is 0 Å². The SMILES string of the molecule is COC(=O)COc1ccc2ccc3ccc(S(=O)(=O)O)c4ccc1c2c34.O=C(O)C1CCC(NOCCOc2ccc3ccc4ccc(S(=O)(=O)O)c5ccc2c3c45)CC1.O=S(=O)=O.O=S(=O)=O.O=S(=O)=O.O=S(=O)=O. The predicted molar refractivity (Wildman–Crippen MR) is 264 cm³/mol. The number of nitrogens with one attached hydrogen (secondary N) is 1. The van der Waals surface area contributed by atoms with Crippen LogP contribution in [0.1, 0.15) is 25.7 Å². The van der Waals surface area contributed by atoms with E-state index < -0.39 is 74.6 Å². The Morgan fingerprint density at radius 3 is 1.18 bits per heavy atom. The molecule has 0 spiro atoms. The molecule has 0 saturated heterocycles.